The number of hydrogen-bond donors (Lipinski definition) is 2. The Balaban J connectivity index is 1.74. The van der Waals surface area contributed by atoms with Crippen LogP contribution < -0.4 is 10.6 Å². The summed E-state index contributed by atoms with van der Waals surface area (Å²) in [6.45, 7) is 1.73. The molecule has 0 unspecified atom stereocenters. The molecule has 1 atom stereocenters. The van der Waals surface area contributed by atoms with Crippen molar-refractivity contribution >= 4 is 34.9 Å². The second-order valence-corrected chi connectivity index (χ2v) is 6.14. The van der Waals surface area contributed by atoms with Gasteiger partial charge in [-0.05, 0) is 25.1 Å². The maximum absolute atomic E-state index is 12.3. The molecule has 136 valence electrons. The minimum atomic E-state index is -0.534. The number of rotatable bonds is 4. The molecule has 0 saturated carbocycles. The first-order chi connectivity index (χ1) is 13.0. The summed E-state index contributed by atoms with van der Waals surface area (Å²) in [5, 5.41) is 18.7. The van der Waals surface area contributed by atoms with Crippen molar-refractivity contribution in [2.24, 2.45) is 0 Å². The second kappa shape index (κ2) is 7.99. The number of amides is 2. The number of urea groups is 1. The van der Waals surface area contributed by atoms with E-state index in [2.05, 4.69) is 30.7 Å². The molecule has 2 amide bonds. The van der Waals surface area contributed by atoms with E-state index < -0.39 is 12.1 Å². The summed E-state index contributed by atoms with van der Waals surface area (Å²) in [5.74, 6) is 0.779. The number of benzene rings is 1. The lowest BCUT2D eigenvalue weighted by atomic mass is 10.2. The van der Waals surface area contributed by atoms with Gasteiger partial charge in [0.2, 0.25) is 0 Å². The topological polar surface area (TPSA) is 121 Å². The summed E-state index contributed by atoms with van der Waals surface area (Å²) in [6.07, 6.45) is 4.50. The van der Waals surface area contributed by atoms with Gasteiger partial charge in [0.05, 0.1) is 27.3 Å². The van der Waals surface area contributed by atoms with Crippen LogP contribution in [0, 0.1) is 11.3 Å². The zero-order valence-electron chi connectivity index (χ0n) is 13.9. The van der Waals surface area contributed by atoms with Gasteiger partial charge in [0, 0.05) is 12.4 Å². The van der Waals surface area contributed by atoms with Crippen LogP contribution >= 0.6 is 23.2 Å². The van der Waals surface area contributed by atoms with E-state index in [-0.39, 0.29) is 21.3 Å². The Labute approximate surface area is 164 Å². The minimum Gasteiger partial charge on any atom is -0.328 e. The Morgan fingerprint density at radius 2 is 1.96 bits per heavy atom. The van der Waals surface area contributed by atoms with E-state index in [0.29, 0.717) is 11.8 Å². The molecule has 27 heavy (non-hydrogen) atoms. The predicted octanol–water partition coefficient (Wildman–Crippen LogP) is 3.12. The van der Waals surface area contributed by atoms with Gasteiger partial charge in [0.1, 0.15) is 12.4 Å². The smallest absolute Gasteiger partial charge is 0.319 e. The van der Waals surface area contributed by atoms with Crippen molar-refractivity contribution in [3.8, 4) is 12.0 Å². The highest BCUT2D eigenvalue weighted by Crippen LogP contribution is 2.29. The Kier molecular flexibility index (Phi) is 5.49. The number of carbonyl (C=O) groups is 1. The lowest BCUT2D eigenvalue weighted by Gasteiger charge is -2.15. The number of anilines is 1. The first-order valence-corrected chi connectivity index (χ1v) is 8.39. The zero-order chi connectivity index (χ0) is 19.4. The Morgan fingerprint density at radius 1 is 1.22 bits per heavy atom. The average molecular weight is 403 g/mol. The van der Waals surface area contributed by atoms with Crippen LogP contribution in [0.15, 0.2) is 36.9 Å². The number of carbonyl (C=O) groups excluding carboxylic acids is 1. The molecule has 1 aromatic carbocycles. The van der Waals surface area contributed by atoms with Gasteiger partial charge in [-0.2, -0.15) is 15.0 Å². The third-order valence-electron chi connectivity index (χ3n) is 3.48. The maximum atomic E-state index is 12.3. The molecule has 3 rings (SSSR count). The van der Waals surface area contributed by atoms with E-state index in [9.17, 15) is 4.79 Å². The molecule has 0 aliphatic carbocycles. The highest BCUT2D eigenvalue weighted by atomic mass is 35.5. The third kappa shape index (κ3) is 4.13. The summed E-state index contributed by atoms with van der Waals surface area (Å²) in [5.41, 5.74) is 0.496. The van der Waals surface area contributed by atoms with Gasteiger partial charge < -0.3 is 10.6 Å². The molecule has 2 heterocycles. The summed E-state index contributed by atoms with van der Waals surface area (Å²) in [7, 11) is 0. The van der Waals surface area contributed by atoms with Gasteiger partial charge >= 0.3 is 6.03 Å². The molecular formula is C16H12Cl2N8O. The largest absolute Gasteiger partial charge is 0.328 e. The minimum absolute atomic E-state index is 0.186. The molecule has 0 saturated heterocycles. The van der Waals surface area contributed by atoms with Crippen LogP contribution in [0.5, 0.6) is 0 Å². The van der Waals surface area contributed by atoms with Gasteiger partial charge in [0.15, 0.2) is 5.82 Å². The first-order valence-electron chi connectivity index (χ1n) is 7.63. The van der Waals surface area contributed by atoms with Crippen LogP contribution in [-0.2, 0) is 0 Å². The number of hydrogen-bond acceptors (Lipinski definition) is 6. The monoisotopic (exact) mass is 402 g/mol. The van der Waals surface area contributed by atoms with Gasteiger partial charge in [-0.1, -0.05) is 23.2 Å². The van der Waals surface area contributed by atoms with Crippen LogP contribution in [0.3, 0.4) is 0 Å². The second-order valence-electron chi connectivity index (χ2n) is 5.32. The molecule has 2 aromatic heterocycles. The van der Waals surface area contributed by atoms with E-state index in [0.717, 1.165) is 0 Å². The van der Waals surface area contributed by atoms with E-state index in [1.165, 1.54) is 23.1 Å². The molecule has 0 aliphatic rings. The van der Waals surface area contributed by atoms with E-state index in [1.54, 1.807) is 25.4 Å². The van der Waals surface area contributed by atoms with E-state index >= 15 is 0 Å². The fourth-order valence-electron chi connectivity index (χ4n) is 2.25. The summed E-state index contributed by atoms with van der Waals surface area (Å²) >= 11 is 12.0. The molecule has 3 aromatic rings. The quantitative estimate of drug-likeness (QED) is 0.690. The average Bonchev–Trinajstić information content (AvgIpc) is 3.15. The van der Waals surface area contributed by atoms with Gasteiger partial charge in [-0.15, -0.1) is 0 Å². The highest BCUT2D eigenvalue weighted by molar-refractivity contribution is 6.36. The number of nitrogens with zero attached hydrogens (tertiary/aromatic N) is 6. The molecule has 9 nitrogen and oxygen atoms in total. The molecule has 0 spiro atoms. The molecule has 2 N–H and O–H groups in total. The lowest BCUT2D eigenvalue weighted by Crippen LogP contribution is -2.32. The van der Waals surface area contributed by atoms with E-state index in [4.69, 9.17) is 28.5 Å². The van der Waals surface area contributed by atoms with Crippen LogP contribution in [0.1, 0.15) is 24.4 Å². The number of nitrogens with one attached hydrogen (secondary N) is 2. The fraction of sp³-hybridized carbons (Fsp3) is 0.125. The van der Waals surface area contributed by atoms with Gasteiger partial charge in [-0.25, -0.2) is 19.7 Å². The molecule has 11 heteroatoms. The fourth-order valence-corrected chi connectivity index (χ4v) is 2.67. The predicted molar refractivity (Wildman–Crippen MR) is 98.7 cm³/mol. The van der Waals surface area contributed by atoms with Crippen molar-refractivity contribution in [1.29, 1.82) is 5.26 Å². The molecule has 0 aliphatic heterocycles. The van der Waals surface area contributed by atoms with Crippen molar-refractivity contribution in [1.82, 2.24) is 30.0 Å². The number of aromatic nitrogens is 5. The SMILES string of the molecule is C[C@H](NC(=O)Nc1cc(Cl)c(C#N)cc1Cl)c1ncnn1-c1ncccn1. The maximum Gasteiger partial charge on any atom is 0.319 e. The Hall–Kier alpha value is -3.22. The molecule has 0 bridgehead atoms. The number of nitriles is 1. The van der Waals surface area contributed by atoms with Crippen molar-refractivity contribution in [2.75, 3.05) is 5.32 Å². The third-order valence-corrected chi connectivity index (χ3v) is 4.10. The molecule has 0 radical (unpaired) electrons. The molecular weight excluding hydrogens is 391 g/mol. The van der Waals surface area contributed by atoms with Crippen LogP contribution in [-0.4, -0.2) is 30.8 Å². The summed E-state index contributed by atoms with van der Waals surface area (Å²) < 4.78 is 1.43. The lowest BCUT2D eigenvalue weighted by molar-refractivity contribution is 0.248. The number of halogens is 2. The van der Waals surface area contributed by atoms with E-state index in [1.807, 2.05) is 6.07 Å². The zero-order valence-corrected chi connectivity index (χ0v) is 15.4. The molecule has 0 fully saturated rings. The van der Waals surface area contributed by atoms with Crippen molar-refractivity contribution < 1.29 is 4.79 Å². The normalized spacial score (nSPS) is 11.5. The summed E-state index contributed by atoms with van der Waals surface area (Å²) in [4.78, 5) is 24.7. The van der Waals surface area contributed by atoms with Crippen LogP contribution in [0.4, 0.5) is 10.5 Å². The van der Waals surface area contributed by atoms with Crippen molar-refractivity contribution in [3.05, 3.63) is 58.4 Å². The summed E-state index contributed by atoms with van der Waals surface area (Å²) in [6, 6.07) is 5.34. The van der Waals surface area contributed by atoms with Crippen LogP contribution in [0.2, 0.25) is 10.0 Å². The first kappa shape index (κ1) is 18.6. The van der Waals surface area contributed by atoms with Crippen molar-refractivity contribution in [2.45, 2.75) is 13.0 Å². The van der Waals surface area contributed by atoms with Gasteiger partial charge in [-0.3, -0.25) is 0 Å². The van der Waals surface area contributed by atoms with Crippen LogP contribution in [0.25, 0.3) is 5.95 Å². The Bertz CT molecular complexity index is 1020. The highest BCUT2D eigenvalue weighted by Gasteiger charge is 2.18. The van der Waals surface area contributed by atoms with Crippen molar-refractivity contribution in [3.63, 3.8) is 0 Å². The standard InChI is InChI=1S/C16H12Cl2N8O/c1-9(14-22-8-23-26(14)15-20-3-2-4-21-15)24-16(27)25-13-6-11(17)10(7-19)5-12(13)18/h2-6,8-9H,1H3,(H2,24,25,27)/t9-/m0/s1. The Morgan fingerprint density at radius 3 is 2.67 bits per heavy atom. The van der Waals surface area contributed by atoms with Gasteiger partial charge in [0.25, 0.3) is 5.95 Å².